The van der Waals surface area contributed by atoms with Gasteiger partial charge in [0.2, 0.25) is 0 Å². The molecule has 1 aliphatic heterocycles. The Balaban J connectivity index is 0.00000243. The molecule has 1 amide bonds. The Labute approximate surface area is 159 Å². The number of carbonyl (C=O) groups is 1. The van der Waals surface area contributed by atoms with Crippen molar-refractivity contribution in [2.45, 2.75) is 46.2 Å². The Hall–Kier alpha value is -1.92. The van der Waals surface area contributed by atoms with Gasteiger partial charge in [-0.1, -0.05) is 32.0 Å². The Morgan fingerprint density at radius 1 is 1.27 bits per heavy atom. The van der Waals surface area contributed by atoms with Crippen molar-refractivity contribution in [3.63, 3.8) is 0 Å². The topological polar surface area (TPSA) is 81.2 Å². The number of rotatable bonds is 2. The van der Waals surface area contributed by atoms with Crippen molar-refractivity contribution >= 4 is 29.1 Å². The molecule has 1 atom stereocenters. The molecule has 2 aromatic rings. The normalized spacial score (nSPS) is 19.5. The number of carbonyl (C=O) groups excluding carboxylic acids is 1. The van der Waals surface area contributed by atoms with Crippen LogP contribution >= 0.6 is 12.4 Å². The standard InChI is InChI=1S/C19H26N4O2.ClH/c1-12(2)23-17(24)14-8-6-5-7-13(14)16(21-23)18(25)22-10-9-15(20)19(3,4)11-22;/h5-8,12,15H,9-11,20H2,1-4H3;1H. The van der Waals surface area contributed by atoms with Gasteiger partial charge in [-0.05, 0) is 31.7 Å². The van der Waals surface area contributed by atoms with E-state index in [0.29, 0.717) is 29.6 Å². The van der Waals surface area contributed by atoms with Crippen LogP contribution in [0, 0.1) is 5.41 Å². The van der Waals surface area contributed by atoms with Crippen LogP contribution in [0.25, 0.3) is 10.8 Å². The van der Waals surface area contributed by atoms with E-state index in [2.05, 4.69) is 18.9 Å². The van der Waals surface area contributed by atoms with E-state index < -0.39 is 0 Å². The molecule has 0 aliphatic carbocycles. The SMILES string of the molecule is CC(C)n1nc(C(=O)N2CCC(N)C(C)(C)C2)c2ccccc2c1=O.Cl. The molecule has 0 spiro atoms. The lowest BCUT2D eigenvalue weighted by molar-refractivity contribution is 0.0527. The zero-order valence-corrected chi connectivity index (χ0v) is 16.5. The van der Waals surface area contributed by atoms with E-state index in [1.54, 1.807) is 12.1 Å². The van der Waals surface area contributed by atoms with E-state index in [-0.39, 0.29) is 41.4 Å². The summed E-state index contributed by atoms with van der Waals surface area (Å²) in [5.74, 6) is -0.134. The van der Waals surface area contributed by atoms with Crippen molar-refractivity contribution in [3.8, 4) is 0 Å². The fourth-order valence-electron chi connectivity index (χ4n) is 3.41. The molecule has 1 aromatic carbocycles. The van der Waals surface area contributed by atoms with Gasteiger partial charge in [0.05, 0.1) is 11.4 Å². The quantitative estimate of drug-likeness (QED) is 0.870. The summed E-state index contributed by atoms with van der Waals surface area (Å²) in [6.45, 7) is 9.14. The Morgan fingerprint density at radius 2 is 1.88 bits per heavy atom. The summed E-state index contributed by atoms with van der Waals surface area (Å²) in [7, 11) is 0. The molecular formula is C19H27ClN4O2. The molecule has 1 fully saturated rings. The summed E-state index contributed by atoms with van der Waals surface area (Å²) in [5, 5.41) is 5.57. The third-order valence-electron chi connectivity index (χ3n) is 5.12. The van der Waals surface area contributed by atoms with Gasteiger partial charge in [-0.15, -0.1) is 12.4 Å². The fourth-order valence-corrected chi connectivity index (χ4v) is 3.41. The zero-order valence-electron chi connectivity index (χ0n) is 15.7. The molecule has 142 valence electrons. The summed E-state index contributed by atoms with van der Waals surface area (Å²) in [4.78, 5) is 27.6. The van der Waals surface area contributed by atoms with Crippen LogP contribution in [0.4, 0.5) is 0 Å². The summed E-state index contributed by atoms with van der Waals surface area (Å²) in [6.07, 6.45) is 0.764. The van der Waals surface area contributed by atoms with Crippen molar-refractivity contribution in [1.82, 2.24) is 14.7 Å². The number of hydrogen-bond acceptors (Lipinski definition) is 4. The van der Waals surface area contributed by atoms with Crippen molar-refractivity contribution in [1.29, 1.82) is 0 Å². The number of fused-ring (bicyclic) bond motifs is 1. The van der Waals surface area contributed by atoms with Gasteiger partial charge in [-0.3, -0.25) is 9.59 Å². The van der Waals surface area contributed by atoms with Crippen LogP contribution in [0.15, 0.2) is 29.1 Å². The molecule has 1 unspecified atom stereocenters. The summed E-state index contributed by atoms with van der Waals surface area (Å²) < 4.78 is 1.40. The van der Waals surface area contributed by atoms with Crippen LogP contribution in [0.1, 0.15) is 50.6 Å². The maximum Gasteiger partial charge on any atom is 0.274 e. The molecule has 1 aromatic heterocycles. The second-order valence-electron chi connectivity index (χ2n) is 7.85. The van der Waals surface area contributed by atoms with Crippen LogP contribution in [0.2, 0.25) is 0 Å². The molecule has 2 heterocycles. The van der Waals surface area contributed by atoms with E-state index in [1.165, 1.54) is 4.68 Å². The summed E-state index contributed by atoms with van der Waals surface area (Å²) in [6, 6.07) is 7.15. The van der Waals surface area contributed by atoms with Gasteiger partial charge in [0.1, 0.15) is 0 Å². The minimum atomic E-state index is -0.164. The predicted molar refractivity (Wildman–Crippen MR) is 106 cm³/mol. The number of hydrogen-bond donors (Lipinski definition) is 1. The third kappa shape index (κ3) is 3.48. The number of amides is 1. The van der Waals surface area contributed by atoms with Crippen LogP contribution < -0.4 is 11.3 Å². The average molecular weight is 379 g/mol. The average Bonchev–Trinajstić information content (AvgIpc) is 2.57. The monoisotopic (exact) mass is 378 g/mol. The highest BCUT2D eigenvalue weighted by molar-refractivity contribution is 6.04. The van der Waals surface area contributed by atoms with Gasteiger partial charge >= 0.3 is 0 Å². The Morgan fingerprint density at radius 3 is 2.46 bits per heavy atom. The number of likely N-dealkylation sites (tertiary alicyclic amines) is 1. The molecule has 7 heteroatoms. The molecule has 2 N–H and O–H groups in total. The lowest BCUT2D eigenvalue weighted by Gasteiger charge is -2.42. The van der Waals surface area contributed by atoms with Crippen LogP contribution in [0.3, 0.4) is 0 Å². The maximum atomic E-state index is 13.2. The zero-order chi connectivity index (χ0) is 18.4. The van der Waals surface area contributed by atoms with Gasteiger partial charge in [-0.25, -0.2) is 4.68 Å². The van der Waals surface area contributed by atoms with Crippen LogP contribution in [-0.2, 0) is 0 Å². The predicted octanol–water partition coefficient (Wildman–Crippen LogP) is 2.60. The third-order valence-corrected chi connectivity index (χ3v) is 5.12. The first kappa shape index (κ1) is 20.4. The molecule has 1 saturated heterocycles. The number of benzene rings is 1. The highest BCUT2D eigenvalue weighted by Gasteiger charge is 2.36. The van der Waals surface area contributed by atoms with Crippen molar-refractivity contribution in [2.24, 2.45) is 11.1 Å². The van der Waals surface area contributed by atoms with Crippen molar-refractivity contribution < 1.29 is 4.79 Å². The van der Waals surface area contributed by atoms with Crippen molar-refractivity contribution in [2.75, 3.05) is 13.1 Å². The van der Waals surface area contributed by atoms with E-state index in [1.807, 2.05) is 30.9 Å². The molecular weight excluding hydrogens is 352 g/mol. The Bertz CT molecular complexity index is 875. The largest absolute Gasteiger partial charge is 0.337 e. The minimum Gasteiger partial charge on any atom is -0.337 e. The van der Waals surface area contributed by atoms with Gasteiger partial charge in [0.15, 0.2) is 5.69 Å². The first-order chi connectivity index (χ1) is 11.7. The van der Waals surface area contributed by atoms with E-state index in [9.17, 15) is 9.59 Å². The first-order valence-electron chi connectivity index (χ1n) is 8.79. The molecule has 0 bridgehead atoms. The smallest absolute Gasteiger partial charge is 0.274 e. The first-order valence-corrected chi connectivity index (χ1v) is 8.79. The van der Waals surface area contributed by atoms with Crippen molar-refractivity contribution in [3.05, 3.63) is 40.3 Å². The summed E-state index contributed by atoms with van der Waals surface area (Å²) >= 11 is 0. The van der Waals surface area contributed by atoms with Gasteiger partial charge in [-0.2, -0.15) is 5.10 Å². The van der Waals surface area contributed by atoms with Gasteiger partial charge < -0.3 is 10.6 Å². The van der Waals surface area contributed by atoms with E-state index >= 15 is 0 Å². The maximum absolute atomic E-state index is 13.2. The van der Waals surface area contributed by atoms with E-state index in [0.717, 1.165) is 6.42 Å². The Kier molecular flexibility index (Phi) is 5.78. The number of piperidine rings is 1. The lowest BCUT2D eigenvalue weighted by Crippen LogP contribution is -2.54. The van der Waals surface area contributed by atoms with Gasteiger partial charge in [0.25, 0.3) is 11.5 Å². The lowest BCUT2D eigenvalue weighted by atomic mass is 9.79. The molecule has 6 nitrogen and oxygen atoms in total. The molecule has 0 saturated carbocycles. The number of nitrogens with two attached hydrogens (primary N) is 1. The molecule has 0 radical (unpaired) electrons. The van der Waals surface area contributed by atoms with Gasteiger partial charge in [0, 0.05) is 24.5 Å². The van der Waals surface area contributed by atoms with Crippen LogP contribution in [-0.4, -0.2) is 39.7 Å². The van der Waals surface area contributed by atoms with E-state index in [4.69, 9.17) is 5.73 Å². The summed E-state index contributed by atoms with van der Waals surface area (Å²) in [5.41, 5.74) is 6.23. The second kappa shape index (κ2) is 7.37. The number of halogens is 1. The van der Waals surface area contributed by atoms with Crippen LogP contribution in [0.5, 0.6) is 0 Å². The number of nitrogens with zero attached hydrogens (tertiary/aromatic N) is 3. The molecule has 1 aliphatic rings. The molecule has 3 rings (SSSR count). The number of aromatic nitrogens is 2. The highest BCUT2D eigenvalue weighted by atomic mass is 35.5. The highest BCUT2D eigenvalue weighted by Crippen LogP contribution is 2.29. The minimum absolute atomic E-state index is 0. The molecule has 26 heavy (non-hydrogen) atoms. The second-order valence-corrected chi connectivity index (χ2v) is 7.85. The fraction of sp³-hybridized carbons (Fsp3) is 0.526.